The molecule has 17 heavy (non-hydrogen) atoms. The summed E-state index contributed by atoms with van der Waals surface area (Å²) < 4.78 is 12.4. The second kappa shape index (κ2) is 4.21. The minimum Gasteiger partial charge on any atom is -0.243 e. The Kier molecular flexibility index (Phi) is 3.02. The van der Waals surface area contributed by atoms with Crippen molar-refractivity contribution in [2.45, 2.75) is 3.79 Å². The SMILES string of the molecule is O=C(n1ccnn1)n1nnc(F)c1C(Cl)(Cl)Cl. The van der Waals surface area contributed by atoms with Crippen LogP contribution in [0.3, 0.4) is 0 Å². The second-order valence-electron chi connectivity index (χ2n) is 2.77. The van der Waals surface area contributed by atoms with Gasteiger partial charge in [0.2, 0.25) is 3.79 Å². The minimum atomic E-state index is -2.18. The Labute approximate surface area is 108 Å². The first-order valence-electron chi connectivity index (χ1n) is 4.00. The van der Waals surface area contributed by atoms with Crippen molar-refractivity contribution in [1.29, 1.82) is 0 Å². The smallest absolute Gasteiger partial charge is 0.243 e. The zero-order chi connectivity index (χ0) is 12.6. The molecule has 2 aromatic rings. The molecule has 0 bridgehead atoms. The summed E-state index contributed by atoms with van der Waals surface area (Å²) in [4.78, 5) is 11.8. The molecule has 0 atom stereocenters. The predicted molar refractivity (Wildman–Crippen MR) is 55.4 cm³/mol. The fraction of sp³-hybridized carbons (Fsp3) is 0.167. The molecule has 0 N–H and O–H groups in total. The molecule has 0 amide bonds. The molecule has 2 aromatic heterocycles. The number of rotatable bonds is 0. The second-order valence-corrected chi connectivity index (χ2v) is 5.05. The molecule has 0 aromatic carbocycles. The van der Waals surface area contributed by atoms with Crippen LogP contribution in [0.15, 0.2) is 12.4 Å². The summed E-state index contributed by atoms with van der Waals surface area (Å²) in [6.45, 7) is 0. The van der Waals surface area contributed by atoms with Crippen molar-refractivity contribution in [2.24, 2.45) is 0 Å². The largest absolute Gasteiger partial charge is 0.372 e. The lowest BCUT2D eigenvalue weighted by atomic mass is 10.5. The number of hydrogen-bond acceptors (Lipinski definition) is 5. The van der Waals surface area contributed by atoms with Crippen LogP contribution in [-0.2, 0) is 3.79 Å². The first kappa shape index (κ1) is 12.2. The third kappa shape index (κ3) is 2.24. The molecular weight excluding hydrogens is 297 g/mol. The van der Waals surface area contributed by atoms with Crippen molar-refractivity contribution in [3.8, 4) is 0 Å². The molecule has 2 heterocycles. The van der Waals surface area contributed by atoms with Crippen LogP contribution in [0.2, 0.25) is 0 Å². The number of halogens is 4. The summed E-state index contributed by atoms with van der Waals surface area (Å²) in [5, 5.41) is 13.1. The maximum absolute atomic E-state index is 13.3. The van der Waals surface area contributed by atoms with Crippen LogP contribution in [0.4, 0.5) is 9.18 Å². The summed E-state index contributed by atoms with van der Waals surface area (Å²) in [6, 6.07) is -0.875. The van der Waals surface area contributed by atoms with Gasteiger partial charge in [-0.05, 0) is 0 Å². The van der Waals surface area contributed by atoms with E-state index in [4.69, 9.17) is 34.8 Å². The third-order valence-electron chi connectivity index (χ3n) is 1.70. The lowest BCUT2D eigenvalue weighted by Gasteiger charge is -2.10. The van der Waals surface area contributed by atoms with Gasteiger partial charge in [0, 0.05) is 0 Å². The van der Waals surface area contributed by atoms with Gasteiger partial charge in [-0.15, -0.1) is 5.10 Å². The monoisotopic (exact) mass is 298 g/mol. The number of aromatic nitrogens is 6. The fourth-order valence-electron chi connectivity index (χ4n) is 1.04. The van der Waals surface area contributed by atoms with Gasteiger partial charge >= 0.3 is 6.03 Å². The molecule has 0 aliphatic carbocycles. The van der Waals surface area contributed by atoms with Gasteiger partial charge in [0.05, 0.1) is 12.4 Å². The van der Waals surface area contributed by atoms with Gasteiger partial charge in [-0.25, -0.2) is 4.79 Å². The highest BCUT2D eigenvalue weighted by atomic mass is 35.6. The molecule has 0 unspecified atom stereocenters. The average Bonchev–Trinajstić information content (AvgIpc) is 2.83. The zero-order valence-electron chi connectivity index (χ0n) is 7.76. The summed E-state index contributed by atoms with van der Waals surface area (Å²) >= 11 is 16.5. The number of nitrogens with zero attached hydrogens (tertiary/aromatic N) is 6. The summed E-state index contributed by atoms with van der Waals surface area (Å²) in [6.07, 6.45) is 2.48. The number of carbonyl (C=O) groups is 1. The van der Waals surface area contributed by atoms with Crippen molar-refractivity contribution in [1.82, 2.24) is 30.0 Å². The van der Waals surface area contributed by atoms with E-state index < -0.39 is 21.5 Å². The first-order valence-corrected chi connectivity index (χ1v) is 5.14. The van der Waals surface area contributed by atoms with E-state index in [0.717, 1.165) is 4.68 Å². The van der Waals surface area contributed by atoms with Crippen LogP contribution in [0.5, 0.6) is 0 Å². The lowest BCUT2D eigenvalue weighted by molar-refractivity contribution is 0.236. The first-order chi connectivity index (χ1) is 7.91. The van der Waals surface area contributed by atoms with Crippen LogP contribution < -0.4 is 0 Å². The summed E-state index contributed by atoms with van der Waals surface area (Å²) in [7, 11) is 0. The van der Waals surface area contributed by atoms with E-state index in [1.165, 1.54) is 12.4 Å². The molecule has 2 rings (SSSR count). The van der Waals surface area contributed by atoms with Crippen molar-refractivity contribution >= 4 is 40.8 Å². The molecule has 0 aliphatic heterocycles. The molecule has 90 valence electrons. The van der Waals surface area contributed by atoms with Gasteiger partial charge < -0.3 is 0 Å². The molecular formula is C6H2Cl3FN6O. The Morgan fingerprint density at radius 1 is 1.35 bits per heavy atom. The van der Waals surface area contributed by atoms with E-state index in [-0.39, 0.29) is 0 Å². The Balaban J connectivity index is 2.51. The molecule has 7 nitrogen and oxygen atoms in total. The summed E-state index contributed by atoms with van der Waals surface area (Å²) in [5.41, 5.74) is -0.594. The van der Waals surface area contributed by atoms with E-state index in [0.29, 0.717) is 4.68 Å². The molecule has 0 saturated carbocycles. The number of carbonyl (C=O) groups excluding carboxylic acids is 1. The zero-order valence-corrected chi connectivity index (χ0v) is 10.0. The Morgan fingerprint density at radius 3 is 2.59 bits per heavy atom. The molecule has 0 spiro atoms. The standard InChI is InChI=1S/C6H2Cl3FN6O/c7-6(8,9)3-4(10)12-14-16(3)5(17)15-2-1-11-13-15/h1-2H. The highest BCUT2D eigenvalue weighted by molar-refractivity contribution is 6.66. The molecule has 0 radical (unpaired) electrons. The van der Waals surface area contributed by atoms with Crippen molar-refractivity contribution in [3.63, 3.8) is 0 Å². The molecule has 0 fully saturated rings. The Hall–Kier alpha value is -1.25. The van der Waals surface area contributed by atoms with E-state index in [9.17, 15) is 9.18 Å². The van der Waals surface area contributed by atoms with Crippen LogP contribution in [-0.4, -0.2) is 36.0 Å². The lowest BCUT2D eigenvalue weighted by Crippen LogP contribution is -2.26. The molecule has 0 aliphatic rings. The normalized spacial score (nSPS) is 11.8. The fourth-order valence-corrected chi connectivity index (χ4v) is 1.52. The third-order valence-corrected chi connectivity index (χ3v) is 2.23. The Morgan fingerprint density at radius 2 is 2.06 bits per heavy atom. The van der Waals surface area contributed by atoms with Crippen molar-refractivity contribution < 1.29 is 9.18 Å². The number of alkyl halides is 3. The maximum atomic E-state index is 13.3. The van der Waals surface area contributed by atoms with Gasteiger partial charge in [0.1, 0.15) is 0 Å². The van der Waals surface area contributed by atoms with Crippen molar-refractivity contribution in [2.75, 3.05) is 0 Å². The maximum Gasteiger partial charge on any atom is 0.372 e. The van der Waals surface area contributed by atoms with Crippen LogP contribution in [0.25, 0.3) is 0 Å². The predicted octanol–water partition coefficient (Wildman–Crippen LogP) is 1.35. The Bertz CT molecular complexity index is 547. The van der Waals surface area contributed by atoms with Gasteiger partial charge in [0.15, 0.2) is 5.69 Å². The topological polar surface area (TPSA) is 78.5 Å². The van der Waals surface area contributed by atoms with Crippen LogP contribution in [0.1, 0.15) is 5.69 Å². The van der Waals surface area contributed by atoms with E-state index in [1.54, 1.807) is 0 Å². The number of hydrogen-bond donors (Lipinski definition) is 0. The van der Waals surface area contributed by atoms with Crippen molar-refractivity contribution in [3.05, 3.63) is 24.0 Å². The van der Waals surface area contributed by atoms with Crippen LogP contribution >= 0.6 is 34.8 Å². The summed E-state index contributed by atoms with van der Waals surface area (Å²) in [5.74, 6) is -1.15. The van der Waals surface area contributed by atoms with Gasteiger partial charge in [-0.1, -0.05) is 50.3 Å². The highest BCUT2D eigenvalue weighted by Gasteiger charge is 2.36. The van der Waals surface area contributed by atoms with Crippen LogP contribution in [0, 0.1) is 5.95 Å². The quantitative estimate of drug-likeness (QED) is 0.686. The van der Waals surface area contributed by atoms with Gasteiger partial charge in [-0.3, -0.25) is 0 Å². The average molecular weight is 299 g/mol. The van der Waals surface area contributed by atoms with Gasteiger partial charge in [-0.2, -0.15) is 13.8 Å². The molecule has 0 saturated heterocycles. The highest BCUT2D eigenvalue weighted by Crippen LogP contribution is 2.38. The van der Waals surface area contributed by atoms with E-state index in [1.807, 2.05) is 0 Å². The van der Waals surface area contributed by atoms with Gasteiger partial charge in [0.25, 0.3) is 5.95 Å². The van der Waals surface area contributed by atoms with E-state index >= 15 is 0 Å². The molecule has 11 heteroatoms. The van der Waals surface area contributed by atoms with E-state index in [2.05, 4.69) is 20.6 Å². The minimum absolute atomic E-state index is 0.497.